The fourth-order valence-corrected chi connectivity index (χ4v) is 2.03. The van der Waals surface area contributed by atoms with Crippen molar-refractivity contribution in [2.45, 2.75) is 25.5 Å². The van der Waals surface area contributed by atoms with Crippen LogP contribution >= 0.6 is 11.8 Å². The number of hydrogen-bond acceptors (Lipinski definition) is 4. The van der Waals surface area contributed by atoms with Crippen LogP contribution in [0.1, 0.15) is 12.6 Å². The van der Waals surface area contributed by atoms with Gasteiger partial charge < -0.3 is 15.0 Å². The van der Waals surface area contributed by atoms with Crippen molar-refractivity contribution in [1.29, 1.82) is 0 Å². The van der Waals surface area contributed by atoms with Gasteiger partial charge in [-0.1, -0.05) is 11.8 Å². The Bertz CT molecular complexity index is 417. The van der Waals surface area contributed by atoms with Gasteiger partial charge in [0.2, 0.25) is 5.91 Å². The summed E-state index contributed by atoms with van der Waals surface area (Å²) in [5.74, 6) is -1.08. The Morgan fingerprint density at radius 1 is 1.59 bits per heavy atom. The van der Waals surface area contributed by atoms with Crippen molar-refractivity contribution in [1.82, 2.24) is 14.9 Å². The summed E-state index contributed by atoms with van der Waals surface area (Å²) in [7, 11) is 0. The molecule has 1 amide bonds. The monoisotopic (exact) mass is 257 g/mol. The van der Waals surface area contributed by atoms with Gasteiger partial charge in [0.05, 0.1) is 11.4 Å². The van der Waals surface area contributed by atoms with Crippen LogP contribution in [0, 0.1) is 6.92 Å². The third-order valence-electron chi connectivity index (χ3n) is 1.87. The average molecular weight is 257 g/mol. The van der Waals surface area contributed by atoms with Crippen LogP contribution in [-0.4, -0.2) is 38.8 Å². The summed E-state index contributed by atoms with van der Waals surface area (Å²) in [5.41, 5.74) is 0.766. The first-order chi connectivity index (χ1) is 8.02. The molecule has 0 aromatic carbocycles. The lowest BCUT2D eigenvalue weighted by Gasteiger charge is -2.06. The topological polar surface area (TPSA) is 84.2 Å². The van der Waals surface area contributed by atoms with E-state index in [4.69, 9.17) is 5.11 Å². The first-order valence-electron chi connectivity index (χ1n) is 5.18. The first kappa shape index (κ1) is 13.6. The van der Waals surface area contributed by atoms with E-state index < -0.39 is 5.97 Å². The van der Waals surface area contributed by atoms with Gasteiger partial charge in [-0.25, -0.2) is 4.98 Å². The number of carbonyl (C=O) groups excluding carboxylic acids is 1. The SMILES string of the molecule is CCNC(=O)Cn1cc(C)nc1SCC(=O)O. The highest BCUT2D eigenvalue weighted by atomic mass is 32.2. The molecule has 0 spiro atoms. The van der Waals surface area contributed by atoms with Gasteiger partial charge in [0, 0.05) is 12.7 Å². The summed E-state index contributed by atoms with van der Waals surface area (Å²) in [6.07, 6.45) is 1.74. The highest BCUT2D eigenvalue weighted by Crippen LogP contribution is 2.17. The third kappa shape index (κ3) is 4.48. The lowest BCUT2D eigenvalue weighted by atomic mass is 10.5. The van der Waals surface area contributed by atoms with Crippen molar-refractivity contribution < 1.29 is 14.7 Å². The second kappa shape index (κ2) is 6.29. The number of hydrogen-bond donors (Lipinski definition) is 2. The number of carbonyl (C=O) groups is 2. The number of imidazole rings is 1. The fourth-order valence-electron chi connectivity index (χ4n) is 1.29. The first-order valence-corrected chi connectivity index (χ1v) is 6.16. The van der Waals surface area contributed by atoms with Crippen LogP contribution in [0.5, 0.6) is 0 Å². The van der Waals surface area contributed by atoms with E-state index >= 15 is 0 Å². The predicted octanol–water partition coefficient (Wildman–Crippen LogP) is 0.504. The molecule has 0 fully saturated rings. The van der Waals surface area contributed by atoms with Gasteiger partial charge in [-0.3, -0.25) is 9.59 Å². The minimum absolute atomic E-state index is 0.0636. The van der Waals surface area contributed by atoms with Crippen LogP contribution in [0.3, 0.4) is 0 Å². The molecule has 1 rings (SSSR count). The lowest BCUT2D eigenvalue weighted by Crippen LogP contribution is -2.27. The Balaban J connectivity index is 2.69. The van der Waals surface area contributed by atoms with E-state index in [1.807, 2.05) is 6.92 Å². The number of likely N-dealkylation sites (N-methyl/N-ethyl adjacent to an activating group) is 1. The van der Waals surface area contributed by atoms with E-state index in [-0.39, 0.29) is 18.2 Å². The Labute approximate surface area is 103 Å². The molecule has 6 nitrogen and oxygen atoms in total. The van der Waals surface area contributed by atoms with Crippen molar-refractivity contribution in [3.05, 3.63) is 11.9 Å². The number of thioether (sulfide) groups is 1. The number of aromatic nitrogens is 2. The number of nitrogens with zero attached hydrogens (tertiary/aromatic N) is 2. The van der Waals surface area contributed by atoms with Crippen LogP contribution in [0.4, 0.5) is 0 Å². The molecule has 0 unspecified atom stereocenters. The number of rotatable bonds is 6. The second-order valence-electron chi connectivity index (χ2n) is 3.43. The molecule has 94 valence electrons. The van der Waals surface area contributed by atoms with Gasteiger partial charge in [-0.05, 0) is 13.8 Å². The number of aryl methyl sites for hydroxylation is 1. The summed E-state index contributed by atoms with van der Waals surface area (Å²) in [6, 6.07) is 0. The lowest BCUT2D eigenvalue weighted by molar-refractivity contribution is -0.133. The van der Waals surface area contributed by atoms with E-state index in [1.165, 1.54) is 0 Å². The maximum absolute atomic E-state index is 11.4. The Morgan fingerprint density at radius 3 is 2.88 bits per heavy atom. The van der Waals surface area contributed by atoms with Crippen molar-refractivity contribution in [2.75, 3.05) is 12.3 Å². The molecule has 1 heterocycles. The van der Waals surface area contributed by atoms with Gasteiger partial charge >= 0.3 is 5.97 Å². The molecule has 0 saturated carbocycles. The van der Waals surface area contributed by atoms with Crippen LogP contribution in [-0.2, 0) is 16.1 Å². The van der Waals surface area contributed by atoms with E-state index in [0.717, 1.165) is 17.5 Å². The van der Waals surface area contributed by atoms with Crippen LogP contribution in [0.2, 0.25) is 0 Å². The number of aliphatic carboxylic acids is 1. The van der Waals surface area contributed by atoms with E-state index in [1.54, 1.807) is 17.7 Å². The van der Waals surface area contributed by atoms with E-state index in [0.29, 0.717) is 11.7 Å². The highest BCUT2D eigenvalue weighted by Gasteiger charge is 2.11. The number of nitrogens with one attached hydrogen (secondary N) is 1. The molecular weight excluding hydrogens is 242 g/mol. The summed E-state index contributed by atoms with van der Waals surface area (Å²) < 4.78 is 1.66. The van der Waals surface area contributed by atoms with Gasteiger partial charge in [-0.2, -0.15) is 0 Å². The second-order valence-corrected chi connectivity index (χ2v) is 4.37. The van der Waals surface area contributed by atoms with Crippen LogP contribution in [0.25, 0.3) is 0 Å². The van der Waals surface area contributed by atoms with Gasteiger partial charge in [0.25, 0.3) is 0 Å². The normalized spacial score (nSPS) is 10.2. The third-order valence-corrected chi connectivity index (χ3v) is 2.85. The molecule has 0 saturated heterocycles. The largest absolute Gasteiger partial charge is 0.481 e. The fraction of sp³-hybridized carbons (Fsp3) is 0.500. The van der Waals surface area contributed by atoms with Crippen LogP contribution < -0.4 is 5.32 Å². The predicted molar refractivity (Wildman–Crippen MR) is 64.0 cm³/mol. The summed E-state index contributed by atoms with van der Waals surface area (Å²) in [5, 5.41) is 11.8. The maximum atomic E-state index is 11.4. The number of carboxylic acids is 1. The van der Waals surface area contributed by atoms with Gasteiger partial charge in [0.15, 0.2) is 5.16 Å². The van der Waals surface area contributed by atoms with Crippen LogP contribution in [0.15, 0.2) is 11.4 Å². The van der Waals surface area contributed by atoms with E-state index in [2.05, 4.69) is 10.3 Å². The zero-order valence-electron chi connectivity index (χ0n) is 9.77. The number of amides is 1. The van der Waals surface area contributed by atoms with Crippen molar-refractivity contribution >= 4 is 23.6 Å². The molecule has 0 radical (unpaired) electrons. The quantitative estimate of drug-likeness (QED) is 0.725. The molecule has 0 aliphatic heterocycles. The number of carboxylic acid groups (broad SMARTS) is 1. The summed E-state index contributed by atoms with van der Waals surface area (Å²) >= 11 is 1.11. The minimum atomic E-state index is -0.903. The Morgan fingerprint density at radius 2 is 2.29 bits per heavy atom. The molecule has 2 N–H and O–H groups in total. The minimum Gasteiger partial charge on any atom is -0.481 e. The van der Waals surface area contributed by atoms with Gasteiger partial charge in [-0.15, -0.1) is 0 Å². The summed E-state index contributed by atoms with van der Waals surface area (Å²) in [6.45, 7) is 4.39. The molecule has 0 aliphatic carbocycles. The molecule has 1 aromatic heterocycles. The standard InChI is InChI=1S/C10H15N3O3S/c1-3-11-8(14)5-13-4-7(2)12-10(13)17-6-9(15)16/h4H,3,5-6H2,1-2H3,(H,11,14)(H,15,16). The average Bonchev–Trinajstić information content (AvgIpc) is 2.56. The molecule has 1 aromatic rings. The highest BCUT2D eigenvalue weighted by molar-refractivity contribution is 7.99. The molecular formula is C10H15N3O3S. The van der Waals surface area contributed by atoms with E-state index in [9.17, 15) is 9.59 Å². The maximum Gasteiger partial charge on any atom is 0.313 e. The molecule has 7 heteroatoms. The smallest absolute Gasteiger partial charge is 0.313 e. The molecule has 0 atom stereocenters. The van der Waals surface area contributed by atoms with Crippen molar-refractivity contribution in [2.24, 2.45) is 0 Å². The molecule has 0 aliphatic rings. The van der Waals surface area contributed by atoms with Gasteiger partial charge in [0.1, 0.15) is 6.54 Å². The zero-order valence-corrected chi connectivity index (χ0v) is 10.6. The van der Waals surface area contributed by atoms with Crippen molar-refractivity contribution in [3.8, 4) is 0 Å². The van der Waals surface area contributed by atoms with Crippen molar-refractivity contribution in [3.63, 3.8) is 0 Å². The summed E-state index contributed by atoms with van der Waals surface area (Å²) in [4.78, 5) is 26.1. The molecule has 0 bridgehead atoms. The zero-order chi connectivity index (χ0) is 12.8. The Hall–Kier alpha value is -1.50. The Kier molecular flexibility index (Phi) is 5.02. The molecule has 17 heavy (non-hydrogen) atoms.